The number of rotatable bonds is 4. The summed E-state index contributed by atoms with van der Waals surface area (Å²) in [5, 5.41) is 1.85. The fourth-order valence-electron chi connectivity index (χ4n) is 0.841. The van der Waals surface area contributed by atoms with Crippen molar-refractivity contribution in [2.75, 3.05) is 5.75 Å². The Hall–Kier alpha value is -0.900. The monoisotopic (exact) mass is 286 g/mol. The van der Waals surface area contributed by atoms with Gasteiger partial charge >= 0.3 is 0 Å². The summed E-state index contributed by atoms with van der Waals surface area (Å²) in [6.07, 6.45) is 0. The van der Waals surface area contributed by atoms with Crippen LogP contribution in [0.2, 0.25) is 10.6 Å². The molecular formula is C5H4Cl2N4O4S. The van der Waals surface area contributed by atoms with Crippen molar-refractivity contribution in [1.29, 1.82) is 0 Å². The van der Waals surface area contributed by atoms with Crippen molar-refractivity contribution in [1.82, 2.24) is 15.0 Å². The van der Waals surface area contributed by atoms with Crippen molar-refractivity contribution >= 4 is 33.3 Å². The first-order valence-electron chi connectivity index (χ1n) is 3.66. The average Bonchev–Trinajstić information content (AvgIpc) is 2.11. The molecule has 8 nitrogen and oxygen atoms in total. The molecule has 0 spiro atoms. The van der Waals surface area contributed by atoms with E-state index in [0.29, 0.717) is 0 Å². The van der Waals surface area contributed by atoms with Gasteiger partial charge in [-0.15, -0.1) is 4.91 Å². The number of hydrogen-bond acceptors (Lipinski definition) is 7. The Morgan fingerprint density at radius 3 is 2.12 bits per heavy atom. The maximum absolute atomic E-state index is 10.6. The van der Waals surface area contributed by atoms with Crippen LogP contribution >= 0.6 is 23.2 Å². The second-order valence-electron chi connectivity index (χ2n) is 2.60. The summed E-state index contributed by atoms with van der Waals surface area (Å²) in [6.45, 7) is 0. The molecule has 1 aromatic heterocycles. The van der Waals surface area contributed by atoms with Gasteiger partial charge in [0.2, 0.25) is 10.6 Å². The number of aromatic nitrogens is 3. The van der Waals surface area contributed by atoms with Gasteiger partial charge in [0, 0.05) is 0 Å². The van der Waals surface area contributed by atoms with E-state index in [9.17, 15) is 13.3 Å². The first kappa shape index (κ1) is 13.2. The van der Waals surface area contributed by atoms with E-state index in [0.717, 1.165) is 0 Å². The number of halogens is 2. The van der Waals surface area contributed by atoms with Gasteiger partial charge in [-0.25, -0.2) is 9.97 Å². The van der Waals surface area contributed by atoms with Crippen LogP contribution in [0, 0.1) is 4.91 Å². The van der Waals surface area contributed by atoms with E-state index in [1.165, 1.54) is 0 Å². The lowest BCUT2D eigenvalue weighted by Crippen LogP contribution is -2.15. The summed E-state index contributed by atoms with van der Waals surface area (Å²) in [4.78, 5) is 20.8. The molecule has 1 rings (SSSR count). The minimum Gasteiger partial charge on any atom is -0.285 e. The van der Waals surface area contributed by atoms with Gasteiger partial charge in [-0.1, -0.05) is 5.18 Å². The summed E-state index contributed by atoms with van der Waals surface area (Å²) in [5.74, 6) is -1.27. The predicted octanol–water partition coefficient (Wildman–Crippen LogP) is 0.874. The van der Waals surface area contributed by atoms with E-state index < -0.39 is 21.9 Å². The molecule has 0 aliphatic carbocycles. The van der Waals surface area contributed by atoms with E-state index in [2.05, 4.69) is 20.1 Å². The smallest absolute Gasteiger partial charge is 0.267 e. The predicted molar refractivity (Wildman–Crippen MR) is 54.8 cm³/mol. The highest BCUT2D eigenvalue weighted by Crippen LogP contribution is 2.17. The Balaban J connectivity index is 3.09. The third-order valence-electron chi connectivity index (χ3n) is 1.39. The summed E-state index contributed by atoms with van der Waals surface area (Å²) in [6, 6.07) is -1.49. The third kappa shape index (κ3) is 3.93. The maximum Gasteiger partial charge on any atom is 0.267 e. The molecule has 0 aromatic carbocycles. The van der Waals surface area contributed by atoms with Gasteiger partial charge in [0.15, 0.2) is 11.9 Å². The number of hydrogen-bond donors (Lipinski definition) is 1. The van der Waals surface area contributed by atoms with Gasteiger partial charge in [0.25, 0.3) is 10.1 Å². The summed E-state index contributed by atoms with van der Waals surface area (Å²) >= 11 is 10.8. The van der Waals surface area contributed by atoms with Crippen LogP contribution in [0.15, 0.2) is 5.18 Å². The molecule has 11 heteroatoms. The van der Waals surface area contributed by atoms with Crippen molar-refractivity contribution in [2.45, 2.75) is 6.04 Å². The molecule has 1 heterocycles. The Labute approximate surface area is 99.8 Å². The number of nitrogens with zero attached hydrogens (tertiary/aromatic N) is 4. The maximum atomic E-state index is 10.6. The Morgan fingerprint density at radius 1 is 1.25 bits per heavy atom. The molecule has 1 N–H and O–H groups in total. The number of nitroso groups, excluding NO2 is 1. The second kappa shape index (κ2) is 4.95. The van der Waals surface area contributed by atoms with Crippen LogP contribution in [-0.2, 0) is 10.1 Å². The molecule has 0 fully saturated rings. The molecule has 1 aromatic rings. The van der Waals surface area contributed by atoms with E-state index in [1.54, 1.807) is 0 Å². The van der Waals surface area contributed by atoms with Crippen LogP contribution in [0.1, 0.15) is 11.9 Å². The van der Waals surface area contributed by atoms with Gasteiger partial charge in [-0.3, -0.25) is 4.55 Å². The molecule has 0 saturated carbocycles. The second-order valence-corrected chi connectivity index (χ2v) is 4.77. The van der Waals surface area contributed by atoms with Crippen molar-refractivity contribution < 1.29 is 13.0 Å². The Bertz CT molecular complexity index is 487. The minimum absolute atomic E-state index is 0.306. The van der Waals surface area contributed by atoms with Crippen molar-refractivity contribution in [3.05, 3.63) is 21.3 Å². The van der Waals surface area contributed by atoms with Crippen LogP contribution < -0.4 is 0 Å². The van der Waals surface area contributed by atoms with Crippen LogP contribution in [-0.4, -0.2) is 33.7 Å². The summed E-state index contributed by atoms with van der Waals surface area (Å²) in [5.41, 5.74) is 0. The van der Waals surface area contributed by atoms with Crippen molar-refractivity contribution in [3.8, 4) is 0 Å². The topological polar surface area (TPSA) is 122 Å². The first-order chi connectivity index (χ1) is 7.31. The van der Waals surface area contributed by atoms with E-state index >= 15 is 0 Å². The Morgan fingerprint density at radius 2 is 1.75 bits per heavy atom. The quantitative estimate of drug-likeness (QED) is 0.643. The molecule has 88 valence electrons. The van der Waals surface area contributed by atoms with E-state index in [-0.39, 0.29) is 16.4 Å². The average molecular weight is 287 g/mol. The van der Waals surface area contributed by atoms with Crippen LogP contribution in [0.4, 0.5) is 0 Å². The standard InChI is InChI=1S/C5H4Cl2N4O4S/c6-4-8-3(9-5(7)10-4)2(11-12)1-16(13,14)15/h2H,1H2,(H,13,14,15). The van der Waals surface area contributed by atoms with Crippen molar-refractivity contribution in [2.24, 2.45) is 5.18 Å². The third-order valence-corrected chi connectivity index (χ3v) is 2.47. The lowest BCUT2D eigenvalue weighted by Gasteiger charge is -2.05. The van der Waals surface area contributed by atoms with Gasteiger partial charge in [0.1, 0.15) is 5.75 Å². The van der Waals surface area contributed by atoms with Gasteiger partial charge in [-0.2, -0.15) is 13.4 Å². The van der Waals surface area contributed by atoms with Crippen LogP contribution in [0.3, 0.4) is 0 Å². The van der Waals surface area contributed by atoms with Gasteiger partial charge < -0.3 is 0 Å². The SMILES string of the molecule is O=NC(CS(=O)(=O)O)c1nc(Cl)nc(Cl)n1. The molecule has 1 atom stereocenters. The molecule has 0 aliphatic heterocycles. The molecule has 0 bridgehead atoms. The molecule has 0 aliphatic rings. The highest BCUT2D eigenvalue weighted by atomic mass is 35.5. The zero-order chi connectivity index (χ0) is 12.3. The first-order valence-corrected chi connectivity index (χ1v) is 6.03. The summed E-state index contributed by atoms with van der Waals surface area (Å²) < 4.78 is 29.7. The Kier molecular flexibility index (Phi) is 4.08. The fraction of sp³-hybridized carbons (Fsp3) is 0.400. The van der Waals surface area contributed by atoms with Crippen LogP contribution in [0.25, 0.3) is 0 Å². The highest BCUT2D eigenvalue weighted by molar-refractivity contribution is 7.85. The molecule has 0 radical (unpaired) electrons. The molecule has 0 amide bonds. The van der Waals surface area contributed by atoms with Gasteiger partial charge in [0.05, 0.1) is 0 Å². The fourth-order valence-corrected chi connectivity index (χ4v) is 1.83. The largest absolute Gasteiger partial charge is 0.285 e. The zero-order valence-electron chi connectivity index (χ0n) is 7.41. The van der Waals surface area contributed by atoms with E-state index in [4.69, 9.17) is 27.8 Å². The minimum atomic E-state index is -4.39. The highest BCUT2D eigenvalue weighted by Gasteiger charge is 2.23. The van der Waals surface area contributed by atoms with Crippen molar-refractivity contribution in [3.63, 3.8) is 0 Å². The van der Waals surface area contributed by atoms with E-state index in [1.807, 2.05) is 0 Å². The lowest BCUT2D eigenvalue weighted by molar-refractivity contribution is 0.476. The zero-order valence-corrected chi connectivity index (χ0v) is 9.74. The van der Waals surface area contributed by atoms with Crippen LogP contribution in [0.5, 0.6) is 0 Å². The molecule has 16 heavy (non-hydrogen) atoms. The molecular weight excluding hydrogens is 283 g/mol. The lowest BCUT2D eigenvalue weighted by atomic mass is 10.3. The molecule has 1 unspecified atom stereocenters. The van der Waals surface area contributed by atoms with Gasteiger partial charge in [-0.05, 0) is 23.2 Å². The normalized spacial score (nSPS) is 13.4. The molecule has 0 saturated heterocycles. The summed E-state index contributed by atoms with van der Waals surface area (Å²) in [7, 11) is -4.39.